The molecule has 1 atom stereocenters. The van der Waals surface area contributed by atoms with Crippen molar-refractivity contribution in [1.82, 2.24) is 0 Å². The Labute approximate surface area is 83.2 Å². The summed E-state index contributed by atoms with van der Waals surface area (Å²) in [4.78, 5) is 16.7. The largest absolute Gasteiger partial charge is 0.463 e. The topological polar surface area (TPSA) is 73.9 Å². The molecule has 80 valence electrons. The van der Waals surface area contributed by atoms with Crippen LogP contribution in [0.1, 0.15) is 26.7 Å². The Bertz CT molecular complexity index is 252. The highest BCUT2D eigenvalue weighted by molar-refractivity contribution is 5.94. The van der Waals surface area contributed by atoms with Crippen molar-refractivity contribution in [2.24, 2.45) is 10.9 Å². The van der Waals surface area contributed by atoms with Crippen LogP contribution >= 0.6 is 0 Å². The maximum Gasteiger partial charge on any atom is 0.353 e. The summed E-state index contributed by atoms with van der Waals surface area (Å²) in [6.45, 7) is 4.30. The van der Waals surface area contributed by atoms with Crippen LogP contribution in [0.5, 0.6) is 0 Å². The molecule has 1 rings (SSSR count). The van der Waals surface area contributed by atoms with Gasteiger partial charge in [0.05, 0.1) is 12.3 Å². The quantitative estimate of drug-likeness (QED) is 0.668. The van der Waals surface area contributed by atoms with E-state index in [1.807, 2.05) is 6.92 Å². The van der Waals surface area contributed by atoms with Crippen LogP contribution < -0.4 is 5.73 Å². The van der Waals surface area contributed by atoms with E-state index in [4.69, 9.17) is 15.3 Å². The number of carbonyl (C=O) groups excluding carboxylic acids is 1. The molecule has 0 spiro atoms. The third-order valence-corrected chi connectivity index (χ3v) is 2.29. The number of carbonyl (C=O) groups is 1. The van der Waals surface area contributed by atoms with Crippen molar-refractivity contribution in [2.75, 3.05) is 13.2 Å². The summed E-state index contributed by atoms with van der Waals surface area (Å²) in [5.74, 6) is -0.352. The summed E-state index contributed by atoms with van der Waals surface area (Å²) < 4.78 is 4.93. The zero-order valence-corrected chi connectivity index (χ0v) is 8.58. The minimum absolute atomic E-state index is 0.321. The molecule has 0 aliphatic carbocycles. The summed E-state index contributed by atoms with van der Waals surface area (Å²) in [5, 5.41) is 3.77. The molecule has 0 saturated heterocycles. The van der Waals surface area contributed by atoms with Crippen molar-refractivity contribution < 1.29 is 14.4 Å². The van der Waals surface area contributed by atoms with Gasteiger partial charge in [0.2, 0.25) is 5.60 Å². The van der Waals surface area contributed by atoms with E-state index in [0.717, 1.165) is 0 Å². The molecule has 0 saturated carbocycles. The number of hydrogen-bond acceptors (Lipinski definition) is 5. The Morgan fingerprint density at radius 1 is 1.71 bits per heavy atom. The number of oxime groups is 1. The van der Waals surface area contributed by atoms with E-state index in [1.165, 1.54) is 0 Å². The number of nitrogens with two attached hydrogens (primary N) is 1. The lowest BCUT2D eigenvalue weighted by Gasteiger charge is -2.22. The molecule has 5 nitrogen and oxygen atoms in total. The Balaban J connectivity index is 2.67. The second-order valence-corrected chi connectivity index (χ2v) is 3.20. The first kappa shape index (κ1) is 11.0. The molecule has 0 amide bonds. The summed E-state index contributed by atoms with van der Waals surface area (Å²) in [7, 11) is 0. The van der Waals surface area contributed by atoms with E-state index in [1.54, 1.807) is 6.92 Å². The van der Waals surface area contributed by atoms with Gasteiger partial charge < -0.3 is 15.3 Å². The molecule has 0 fully saturated rings. The summed E-state index contributed by atoms with van der Waals surface area (Å²) in [6, 6.07) is 0. The molecular formula is C9H16N2O3. The predicted octanol–water partition coefficient (Wildman–Crippen LogP) is 0.433. The van der Waals surface area contributed by atoms with Crippen LogP contribution in [0.15, 0.2) is 5.16 Å². The van der Waals surface area contributed by atoms with E-state index in [9.17, 15) is 4.79 Å². The molecule has 0 bridgehead atoms. The Morgan fingerprint density at radius 3 is 2.86 bits per heavy atom. The lowest BCUT2D eigenvalue weighted by Crippen LogP contribution is -2.40. The molecule has 1 aliphatic rings. The van der Waals surface area contributed by atoms with E-state index < -0.39 is 5.60 Å². The van der Waals surface area contributed by atoms with Crippen LogP contribution in [0.2, 0.25) is 0 Å². The van der Waals surface area contributed by atoms with Gasteiger partial charge in [-0.2, -0.15) is 0 Å². The summed E-state index contributed by atoms with van der Waals surface area (Å²) in [5.41, 5.74) is 5.20. The zero-order valence-electron chi connectivity index (χ0n) is 8.58. The van der Waals surface area contributed by atoms with Gasteiger partial charge in [-0.15, -0.1) is 0 Å². The standard InChI is InChI=1S/C9H16N2O3/c1-3-9(8(12)13-4-2)5-7(6-10)11-14-9/h3-6,10H2,1-2H3. The van der Waals surface area contributed by atoms with Crippen molar-refractivity contribution >= 4 is 11.7 Å². The lowest BCUT2D eigenvalue weighted by atomic mass is 9.94. The van der Waals surface area contributed by atoms with E-state index in [0.29, 0.717) is 31.7 Å². The smallest absolute Gasteiger partial charge is 0.353 e. The molecule has 5 heteroatoms. The van der Waals surface area contributed by atoms with Gasteiger partial charge in [-0.05, 0) is 13.3 Å². The van der Waals surface area contributed by atoms with Gasteiger partial charge in [0, 0.05) is 13.0 Å². The molecule has 0 radical (unpaired) electrons. The molecule has 0 aromatic carbocycles. The second kappa shape index (κ2) is 4.41. The molecule has 1 unspecified atom stereocenters. The first-order valence-electron chi connectivity index (χ1n) is 4.79. The van der Waals surface area contributed by atoms with Crippen molar-refractivity contribution in [3.63, 3.8) is 0 Å². The van der Waals surface area contributed by atoms with Gasteiger partial charge in [0.1, 0.15) is 0 Å². The molecule has 1 heterocycles. The molecule has 1 aliphatic heterocycles. The van der Waals surface area contributed by atoms with Gasteiger partial charge in [-0.1, -0.05) is 12.1 Å². The zero-order chi connectivity index (χ0) is 10.6. The number of esters is 1. The third-order valence-electron chi connectivity index (χ3n) is 2.29. The van der Waals surface area contributed by atoms with Gasteiger partial charge in [0.15, 0.2) is 0 Å². The van der Waals surface area contributed by atoms with Crippen LogP contribution in [0.4, 0.5) is 0 Å². The maximum atomic E-state index is 11.6. The van der Waals surface area contributed by atoms with E-state index in [-0.39, 0.29) is 5.97 Å². The van der Waals surface area contributed by atoms with Crippen molar-refractivity contribution in [1.29, 1.82) is 0 Å². The van der Waals surface area contributed by atoms with Crippen molar-refractivity contribution in [3.05, 3.63) is 0 Å². The van der Waals surface area contributed by atoms with Crippen LogP contribution in [0.25, 0.3) is 0 Å². The number of rotatable bonds is 4. The highest BCUT2D eigenvalue weighted by Gasteiger charge is 2.45. The van der Waals surface area contributed by atoms with Gasteiger partial charge in [-0.25, -0.2) is 4.79 Å². The average molecular weight is 200 g/mol. The molecule has 0 aromatic heterocycles. The molecular weight excluding hydrogens is 184 g/mol. The Kier molecular flexibility index (Phi) is 3.46. The fraction of sp³-hybridized carbons (Fsp3) is 0.778. The fourth-order valence-corrected chi connectivity index (χ4v) is 1.36. The summed E-state index contributed by atoms with van der Waals surface area (Å²) in [6.07, 6.45) is 0.984. The number of ether oxygens (including phenoxy) is 1. The minimum Gasteiger partial charge on any atom is -0.463 e. The first-order valence-corrected chi connectivity index (χ1v) is 4.79. The van der Waals surface area contributed by atoms with Crippen LogP contribution in [-0.4, -0.2) is 30.4 Å². The first-order chi connectivity index (χ1) is 6.68. The van der Waals surface area contributed by atoms with Gasteiger partial charge in [-0.3, -0.25) is 0 Å². The summed E-state index contributed by atoms with van der Waals surface area (Å²) >= 11 is 0. The normalized spacial score (nSPS) is 25.5. The maximum absolute atomic E-state index is 11.6. The lowest BCUT2D eigenvalue weighted by molar-refractivity contribution is -0.169. The van der Waals surface area contributed by atoms with Crippen LogP contribution in [0, 0.1) is 0 Å². The highest BCUT2D eigenvalue weighted by Crippen LogP contribution is 2.28. The Morgan fingerprint density at radius 2 is 2.43 bits per heavy atom. The number of hydrogen-bond donors (Lipinski definition) is 1. The van der Waals surface area contributed by atoms with Gasteiger partial charge in [0.25, 0.3) is 0 Å². The van der Waals surface area contributed by atoms with Crippen LogP contribution in [-0.2, 0) is 14.4 Å². The van der Waals surface area contributed by atoms with E-state index >= 15 is 0 Å². The Hall–Kier alpha value is -1.10. The molecule has 2 N–H and O–H groups in total. The molecule has 0 aromatic rings. The SMILES string of the molecule is CCOC(=O)C1(CC)CC(CN)=NO1. The van der Waals surface area contributed by atoms with Crippen molar-refractivity contribution in [2.45, 2.75) is 32.3 Å². The predicted molar refractivity (Wildman–Crippen MR) is 51.8 cm³/mol. The highest BCUT2D eigenvalue weighted by atomic mass is 16.7. The average Bonchev–Trinajstić information content (AvgIpc) is 2.63. The van der Waals surface area contributed by atoms with Crippen molar-refractivity contribution in [3.8, 4) is 0 Å². The minimum atomic E-state index is -0.926. The number of nitrogens with zero attached hydrogens (tertiary/aromatic N) is 1. The van der Waals surface area contributed by atoms with E-state index in [2.05, 4.69) is 5.16 Å². The third kappa shape index (κ3) is 1.87. The fourth-order valence-electron chi connectivity index (χ4n) is 1.36. The van der Waals surface area contributed by atoms with Gasteiger partial charge >= 0.3 is 5.97 Å². The molecule has 14 heavy (non-hydrogen) atoms. The van der Waals surface area contributed by atoms with Crippen LogP contribution in [0.3, 0.4) is 0 Å². The monoisotopic (exact) mass is 200 g/mol. The second-order valence-electron chi connectivity index (χ2n) is 3.20.